The van der Waals surface area contributed by atoms with Crippen LogP contribution in [-0.2, 0) is 0 Å². The van der Waals surface area contributed by atoms with E-state index in [1.165, 1.54) is 0 Å². The van der Waals surface area contributed by atoms with Gasteiger partial charge in [0, 0.05) is 21.8 Å². The third kappa shape index (κ3) is 1.90. The third-order valence-corrected chi connectivity index (χ3v) is 4.63. The third-order valence-electron chi connectivity index (χ3n) is 4.63. The molecule has 0 bridgehead atoms. The quantitative estimate of drug-likeness (QED) is 0.386. The van der Waals surface area contributed by atoms with Crippen molar-refractivity contribution in [3.63, 3.8) is 0 Å². The Balaban J connectivity index is 1.74. The van der Waals surface area contributed by atoms with E-state index in [1.807, 2.05) is 30.3 Å². The standard InChI is InChI=1S/C22H15NO/c23-20-6-3-4-14-8-9-15(12-19(14)20)16-10-11-18-17-5-1-2-7-21(17)24-22(18)13-16/h1-13H,23H2. The number of benzene rings is 4. The first-order valence-corrected chi connectivity index (χ1v) is 7.99. The van der Waals surface area contributed by atoms with Gasteiger partial charge in [0.05, 0.1) is 0 Å². The van der Waals surface area contributed by atoms with Crippen LogP contribution >= 0.6 is 0 Å². The summed E-state index contributed by atoms with van der Waals surface area (Å²) < 4.78 is 6.00. The number of para-hydroxylation sites is 1. The predicted molar refractivity (Wildman–Crippen MR) is 101 cm³/mol. The van der Waals surface area contributed by atoms with Gasteiger partial charge in [-0.15, -0.1) is 0 Å². The van der Waals surface area contributed by atoms with Gasteiger partial charge in [0.15, 0.2) is 0 Å². The van der Waals surface area contributed by atoms with Crippen LogP contribution in [0.1, 0.15) is 0 Å². The van der Waals surface area contributed by atoms with Crippen molar-refractivity contribution in [2.45, 2.75) is 0 Å². The van der Waals surface area contributed by atoms with Crippen molar-refractivity contribution in [3.05, 3.63) is 78.9 Å². The average Bonchev–Trinajstić information content (AvgIpc) is 2.99. The van der Waals surface area contributed by atoms with Crippen molar-refractivity contribution in [2.75, 3.05) is 5.73 Å². The number of furan rings is 1. The maximum atomic E-state index is 6.13. The Morgan fingerprint density at radius 1 is 0.583 bits per heavy atom. The Morgan fingerprint density at radius 3 is 2.33 bits per heavy atom. The molecule has 5 aromatic rings. The molecule has 0 aliphatic rings. The highest BCUT2D eigenvalue weighted by atomic mass is 16.3. The Hall–Kier alpha value is -3.26. The summed E-state index contributed by atoms with van der Waals surface area (Å²) in [6.07, 6.45) is 0. The Kier molecular flexibility index (Phi) is 2.68. The second kappa shape index (κ2) is 4.87. The molecule has 5 rings (SSSR count). The number of rotatable bonds is 1. The van der Waals surface area contributed by atoms with Crippen LogP contribution in [0.5, 0.6) is 0 Å². The average molecular weight is 309 g/mol. The van der Waals surface area contributed by atoms with Crippen molar-refractivity contribution >= 4 is 38.4 Å². The van der Waals surface area contributed by atoms with Crippen molar-refractivity contribution in [1.82, 2.24) is 0 Å². The number of nitrogen functional groups attached to an aromatic ring is 1. The summed E-state index contributed by atoms with van der Waals surface area (Å²) in [5.41, 5.74) is 11.0. The molecule has 0 saturated heterocycles. The first-order valence-electron chi connectivity index (χ1n) is 7.99. The van der Waals surface area contributed by atoms with Gasteiger partial charge in [-0.25, -0.2) is 0 Å². The van der Waals surface area contributed by atoms with E-state index < -0.39 is 0 Å². The normalized spacial score (nSPS) is 11.5. The fraction of sp³-hybridized carbons (Fsp3) is 0. The van der Waals surface area contributed by atoms with Gasteiger partial charge in [-0.1, -0.05) is 48.5 Å². The lowest BCUT2D eigenvalue weighted by Crippen LogP contribution is -1.87. The summed E-state index contributed by atoms with van der Waals surface area (Å²) >= 11 is 0. The molecule has 2 nitrogen and oxygen atoms in total. The molecule has 0 unspecified atom stereocenters. The fourth-order valence-corrected chi connectivity index (χ4v) is 3.38. The predicted octanol–water partition coefficient (Wildman–Crippen LogP) is 5.99. The molecule has 1 aromatic heterocycles. The van der Waals surface area contributed by atoms with E-state index in [0.717, 1.165) is 49.5 Å². The van der Waals surface area contributed by atoms with Crippen LogP contribution in [0.4, 0.5) is 5.69 Å². The van der Waals surface area contributed by atoms with Crippen molar-refractivity contribution < 1.29 is 4.42 Å². The molecule has 0 saturated carbocycles. The Labute approximate surface area is 139 Å². The van der Waals surface area contributed by atoms with Gasteiger partial charge in [-0.2, -0.15) is 0 Å². The van der Waals surface area contributed by atoms with Crippen LogP contribution in [0.15, 0.2) is 83.3 Å². The molecule has 2 N–H and O–H groups in total. The van der Waals surface area contributed by atoms with E-state index in [2.05, 4.69) is 48.5 Å². The number of hydrogen-bond acceptors (Lipinski definition) is 2. The molecular formula is C22H15NO. The summed E-state index contributed by atoms with van der Waals surface area (Å²) in [7, 11) is 0. The molecule has 0 atom stereocenters. The maximum absolute atomic E-state index is 6.13. The maximum Gasteiger partial charge on any atom is 0.136 e. The highest BCUT2D eigenvalue weighted by Gasteiger charge is 2.08. The lowest BCUT2D eigenvalue weighted by Gasteiger charge is -2.06. The summed E-state index contributed by atoms with van der Waals surface area (Å²) in [4.78, 5) is 0. The van der Waals surface area contributed by atoms with Gasteiger partial charge in [-0.3, -0.25) is 0 Å². The van der Waals surface area contributed by atoms with Gasteiger partial charge < -0.3 is 10.2 Å². The van der Waals surface area contributed by atoms with Crippen molar-refractivity contribution in [2.24, 2.45) is 0 Å². The second-order valence-corrected chi connectivity index (χ2v) is 6.09. The second-order valence-electron chi connectivity index (χ2n) is 6.09. The minimum Gasteiger partial charge on any atom is -0.456 e. The van der Waals surface area contributed by atoms with Crippen LogP contribution in [-0.4, -0.2) is 0 Å². The first kappa shape index (κ1) is 13.2. The Morgan fingerprint density at radius 2 is 1.38 bits per heavy atom. The summed E-state index contributed by atoms with van der Waals surface area (Å²) in [6.45, 7) is 0. The minimum absolute atomic E-state index is 0.805. The van der Waals surface area contributed by atoms with E-state index in [0.29, 0.717) is 0 Å². The summed E-state index contributed by atoms with van der Waals surface area (Å²) in [5, 5.41) is 4.54. The van der Waals surface area contributed by atoms with Crippen LogP contribution in [0.2, 0.25) is 0 Å². The molecule has 1 heterocycles. The van der Waals surface area contributed by atoms with E-state index in [-0.39, 0.29) is 0 Å². The lowest BCUT2D eigenvalue weighted by molar-refractivity contribution is 0.669. The molecule has 24 heavy (non-hydrogen) atoms. The van der Waals surface area contributed by atoms with Crippen LogP contribution in [0, 0.1) is 0 Å². The van der Waals surface area contributed by atoms with E-state index in [4.69, 9.17) is 10.2 Å². The summed E-state index contributed by atoms with van der Waals surface area (Å²) in [5.74, 6) is 0. The zero-order chi connectivity index (χ0) is 16.1. The molecule has 0 fully saturated rings. The van der Waals surface area contributed by atoms with E-state index in [9.17, 15) is 0 Å². The van der Waals surface area contributed by atoms with Crippen molar-refractivity contribution in [1.29, 1.82) is 0 Å². The molecule has 0 aliphatic heterocycles. The molecular weight excluding hydrogens is 294 g/mol. The SMILES string of the molecule is Nc1cccc2ccc(-c3ccc4c(c3)oc3ccccc34)cc12. The molecule has 4 aromatic carbocycles. The van der Waals surface area contributed by atoms with Gasteiger partial charge in [0.2, 0.25) is 0 Å². The van der Waals surface area contributed by atoms with Crippen LogP contribution in [0.3, 0.4) is 0 Å². The molecule has 0 radical (unpaired) electrons. The number of hydrogen-bond donors (Lipinski definition) is 1. The molecule has 2 heteroatoms. The molecule has 114 valence electrons. The van der Waals surface area contributed by atoms with E-state index in [1.54, 1.807) is 0 Å². The van der Waals surface area contributed by atoms with Crippen LogP contribution in [0.25, 0.3) is 43.8 Å². The highest BCUT2D eigenvalue weighted by Crippen LogP contribution is 2.33. The monoisotopic (exact) mass is 309 g/mol. The molecule has 0 aliphatic carbocycles. The minimum atomic E-state index is 0.805. The number of anilines is 1. The zero-order valence-corrected chi connectivity index (χ0v) is 13.0. The number of fused-ring (bicyclic) bond motifs is 4. The van der Waals surface area contributed by atoms with Gasteiger partial charge in [-0.05, 0) is 46.8 Å². The van der Waals surface area contributed by atoms with Gasteiger partial charge >= 0.3 is 0 Å². The molecule has 0 spiro atoms. The van der Waals surface area contributed by atoms with Gasteiger partial charge in [0.1, 0.15) is 11.2 Å². The Bertz CT molecular complexity index is 1220. The lowest BCUT2D eigenvalue weighted by atomic mass is 9.99. The fourth-order valence-electron chi connectivity index (χ4n) is 3.38. The summed E-state index contributed by atoms with van der Waals surface area (Å²) in [6, 6.07) is 26.9. The van der Waals surface area contributed by atoms with Crippen molar-refractivity contribution in [3.8, 4) is 11.1 Å². The largest absolute Gasteiger partial charge is 0.456 e. The topological polar surface area (TPSA) is 39.2 Å². The highest BCUT2D eigenvalue weighted by molar-refractivity contribution is 6.06. The molecule has 0 amide bonds. The first-order chi connectivity index (χ1) is 11.8. The van der Waals surface area contributed by atoms with Gasteiger partial charge in [0.25, 0.3) is 0 Å². The van der Waals surface area contributed by atoms with Crippen LogP contribution < -0.4 is 5.73 Å². The smallest absolute Gasteiger partial charge is 0.136 e. The zero-order valence-electron chi connectivity index (χ0n) is 13.0. The van der Waals surface area contributed by atoms with E-state index >= 15 is 0 Å². The number of nitrogens with two attached hydrogens (primary N) is 1.